The van der Waals surface area contributed by atoms with Crippen molar-refractivity contribution in [2.75, 3.05) is 0 Å². The highest BCUT2D eigenvalue weighted by Crippen LogP contribution is 2.18. The van der Waals surface area contributed by atoms with E-state index >= 15 is 0 Å². The lowest BCUT2D eigenvalue weighted by Crippen LogP contribution is -1.95. The van der Waals surface area contributed by atoms with Crippen LogP contribution in [0.3, 0.4) is 0 Å². The maximum atomic E-state index is 12.6. The normalized spacial score (nSPS) is 10.0. The molecule has 1 nitrogen and oxygen atoms in total. The third-order valence-electron chi connectivity index (χ3n) is 2.35. The lowest BCUT2D eigenvalue weighted by atomic mass is 10.0. The number of benzene rings is 1. The van der Waals surface area contributed by atoms with E-state index in [1.165, 1.54) is 12.1 Å². The lowest BCUT2D eigenvalue weighted by Gasteiger charge is -2.04. The highest BCUT2D eigenvalue weighted by atomic mass is 19.1. The van der Waals surface area contributed by atoms with Crippen LogP contribution >= 0.6 is 0 Å². The Balaban J connectivity index is 2.54. The fraction of sp³-hybridized carbons (Fsp3) is 0.308. The van der Waals surface area contributed by atoms with E-state index in [-0.39, 0.29) is 11.6 Å². The molecule has 0 fully saturated rings. The van der Waals surface area contributed by atoms with Crippen molar-refractivity contribution in [2.45, 2.75) is 26.2 Å². The second-order valence-electron chi connectivity index (χ2n) is 3.50. The van der Waals surface area contributed by atoms with Gasteiger partial charge in [0.2, 0.25) is 0 Å². The molecule has 0 aliphatic rings. The minimum absolute atomic E-state index is 0.235. The van der Waals surface area contributed by atoms with E-state index in [1.807, 2.05) is 6.92 Å². The highest BCUT2D eigenvalue weighted by Gasteiger charge is 2.03. The fourth-order valence-corrected chi connectivity index (χ4v) is 1.30. The summed E-state index contributed by atoms with van der Waals surface area (Å²) in [7, 11) is 0. The molecule has 0 spiro atoms. The van der Waals surface area contributed by atoms with E-state index in [0.717, 1.165) is 11.1 Å². The predicted molar refractivity (Wildman–Crippen MR) is 60.0 cm³/mol. The first kappa shape index (κ1) is 11.6. The van der Waals surface area contributed by atoms with Gasteiger partial charge < -0.3 is 0 Å². The monoisotopic (exact) mass is 206 g/mol. The summed E-state index contributed by atoms with van der Waals surface area (Å²) in [5.41, 5.74) is 1.79. The summed E-state index contributed by atoms with van der Waals surface area (Å²) >= 11 is 0. The first-order valence-electron chi connectivity index (χ1n) is 5.09. The zero-order valence-corrected chi connectivity index (χ0v) is 8.92. The fourth-order valence-electron chi connectivity index (χ4n) is 1.30. The van der Waals surface area contributed by atoms with Gasteiger partial charge in [-0.15, -0.1) is 0 Å². The van der Waals surface area contributed by atoms with Gasteiger partial charge >= 0.3 is 0 Å². The molecule has 0 heterocycles. The molecule has 0 unspecified atom stereocenters. The second-order valence-corrected chi connectivity index (χ2v) is 3.50. The maximum Gasteiger partial charge on any atom is 0.132 e. The van der Waals surface area contributed by atoms with Gasteiger partial charge in [0.1, 0.15) is 11.6 Å². The Morgan fingerprint density at radius 2 is 1.87 bits per heavy atom. The van der Waals surface area contributed by atoms with Crippen LogP contribution in [0.2, 0.25) is 0 Å². The zero-order valence-electron chi connectivity index (χ0n) is 8.92. The molecule has 1 aromatic carbocycles. The van der Waals surface area contributed by atoms with Gasteiger partial charge in [0.15, 0.2) is 0 Å². The molecule has 0 amide bonds. The molecule has 15 heavy (non-hydrogen) atoms. The van der Waals surface area contributed by atoms with Crippen LogP contribution < -0.4 is 0 Å². The Kier molecular flexibility index (Phi) is 4.22. The molecule has 0 saturated carbocycles. The molecule has 0 bridgehead atoms. The SMILES string of the molecule is C=C(CCC(=O)CC)c1ccc(F)cc1. The summed E-state index contributed by atoms with van der Waals surface area (Å²) < 4.78 is 12.6. The summed E-state index contributed by atoms with van der Waals surface area (Å²) in [4.78, 5) is 11.1. The van der Waals surface area contributed by atoms with E-state index < -0.39 is 0 Å². The van der Waals surface area contributed by atoms with Crippen LogP contribution in [0.4, 0.5) is 4.39 Å². The van der Waals surface area contributed by atoms with Crippen molar-refractivity contribution in [3.8, 4) is 0 Å². The van der Waals surface area contributed by atoms with Gasteiger partial charge in [0.25, 0.3) is 0 Å². The van der Waals surface area contributed by atoms with Crippen molar-refractivity contribution in [1.29, 1.82) is 0 Å². The Labute approximate surface area is 89.6 Å². The van der Waals surface area contributed by atoms with E-state index in [1.54, 1.807) is 12.1 Å². The smallest absolute Gasteiger partial charge is 0.132 e. The van der Waals surface area contributed by atoms with Crippen molar-refractivity contribution in [3.05, 3.63) is 42.2 Å². The van der Waals surface area contributed by atoms with Crippen LogP contribution in [-0.4, -0.2) is 5.78 Å². The third kappa shape index (κ3) is 3.66. The zero-order chi connectivity index (χ0) is 11.3. The van der Waals surface area contributed by atoms with Crippen molar-refractivity contribution < 1.29 is 9.18 Å². The van der Waals surface area contributed by atoms with Crippen molar-refractivity contribution in [1.82, 2.24) is 0 Å². The van der Waals surface area contributed by atoms with Gasteiger partial charge in [-0.1, -0.05) is 25.6 Å². The summed E-state index contributed by atoms with van der Waals surface area (Å²) in [6.45, 7) is 5.74. The molecular weight excluding hydrogens is 191 g/mol. The number of ketones is 1. The van der Waals surface area contributed by atoms with Crippen LogP contribution in [-0.2, 0) is 4.79 Å². The number of carbonyl (C=O) groups is 1. The minimum atomic E-state index is -0.254. The van der Waals surface area contributed by atoms with Crippen molar-refractivity contribution >= 4 is 11.4 Å². The molecule has 0 radical (unpaired) electrons. The summed E-state index contributed by atoms with van der Waals surface area (Å²) in [5, 5.41) is 0. The average Bonchev–Trinajstić information content (AvgIpc) is 2.26. The molecule has 80 valence electrons. The molecule has 0 saturated heterocycles. The van der Waals surface area contributed by atoms with E-state index in [9.17, 15) is 9.18 Å². The molecule has 1 aromatic rings. The lowest BCUT2D eigenvalue weighted by molar-refractivity contribution is -0.118. The standard InChI is InChI=1S/C13H15FO/c1-3-13(15)9-4-10(2)11-5-7-12(14)8-6-11/h5-8H,2-4,9H2,1H3. The Hall–Kier alpha value is -1.44. The number of carbonyl (C=O) groups excluding carboxylic acids is 1. The van der Waals surface area contributed by atoms with Crippen LogP contribution in [0.25, 0.3) is 5.57 Å². The largest absolute Gasteiger partial charge is 0.300 e. The number of rotatable bonds is 5. The van der Waals surface area contributed by atoms with Crippen molar-refractivity contribution in [2.24, 2.45) is 0 Å². The molecule has 2 heteroatoms. The number of Topliss-reactive ketones (excluding diaryl/α,β-unsaturated/α-hetero) is 1. The van der Waals surface area contributed by atoms with Gasteiger partial charge in [-0.2, -0.15) is 0 Å². The molecule has 0 N–H and O–H groups in total. The summed E-state index contributed by atoms with van der Waals surface area (Å²) in [5.74, 6) is -0.0190. The van der Waals surface area contributed by atoms with Gasteiger partial charge in [0, 0.05) is 12.8 Å². The molecule has 0 aliphatic heterocycles. The van der Waals surface area contributed by atoms with Gasteiger partial charge in [-0.05, 0) is 29.7 Å². The van der Waals surface area contributed by atoms with Gasteiger partial charge in [-0.25, -0.2) is 4.39 Å². The first-order chi connectivity index (χ1) is 7.13. The first-order valence-corrected chi connectivity index (χ1v) is 5.09. The van der Waals surface area contributed by atoms with Crippen LogP contribution in [0.15, 0.2) is 30.8 Å². The Bertz CT molecular complexity index is 351. The molecule has 1 rings (SSSR count). The van der Waals surface area contributed by atoms with Gasteiger partial charge in [0.05, 0.1) is 0 Å². The van der Waals surface area contributed by atoms with E-state index in [2.05, 4.69) is 6.58 Å². The third-order valence-corrected chi connectivity index (χ3v) is 2.35. The van der Waals surface area contributed by atoms with Gasteiger partial charge in [-0.3, -0.25) is 4.79 Å². The number of hydrogen-bond acceptors (Lipinski definition) is 1. The number of halogens is 1. The summed E-state index contributed by atoms with van der Waals surface area (Å²) in [6, 6.07) is 6.19. The van der Waals surface area contributed by atoms with E-state index in [0.29, 0.717) is 19.3 Å². The Morgan fingerprint density at radius 1 is 1.27 bits per heavy atom. The molecule has 0 atom stereocenters. The van der Waals surface area contributed by atoms with Crippen molar-refractivity contribution in [3.63, 3.8) is 0 Å². The number of hydrogen-bond donors (Lipinski definition) is 0. The van der Waals surface area contributed by atoms with Crippen LogP contribution in [0.1, 0.15) is 31.7 Å². The predicted octanol–water partition coefficient (Wildman–Crippen LogP) is 3.60. The molecule has 0 aliphatic carbocycles. The van der Waals surface area contributed by atoms with Crippen LogP contribution in [0.5, 0.6) is 0 Å². The molecule has 0 aromatic heterocycles. The quantitative estimate of drug-likeness (QED) is 0.719. The van der Waals surface area contributed by atoms with E-state index in [4.69, 9.17) is 0 Å². The summed E-state index contributed by atoms with van der Waals surface area (Å²) in [6.07, 6.45) is 1.74. The Morgan fingerprint density at radius 3 is 2.40 bits per heavy atom. The van der Waals surface area contributed by atoms with Crippen LogP contribution in [0, 0.1) is 5.82 Å². The minimum Gasteiger partial charge on any atom is -0.300 e. The average molecular weight is 206 g/mol. The maximum absolute atomic E-state index is 12.6. The highest BCUT2D eigenvalue weighted by molar-refractivity contribution is 5.80. The molecular formula is C13H15FO. The second kappa shape index (κ2) is 5.44. The number of allylic oxidation sites excluding steroid dienone is 1. The topological polar surface area (TPSA) is 17.1 Å².